The number of amides is 2. The molecule has 1 aromatic carbocycles. The number of aryl methyl sites for hydroxylation is 1. The number of anilines is 1. The second kappa shape index (κ2) is 6.74. The van der Waals surface area contributed by atoms with Crippen LogP contribution >= 0.6 is 0 Å². The van der Waals surface area contributed by atoms with Gasteiger partial charge in [0.2, 0.25) is 0 Å². The molecular weight excluding hydrogens is 326 g/mol. The van der Waals surface area contributed by atoms with E-state index in [4.69, 9.17) is 0 Å². The summed E-state index contributed by atoms with van der Waals surface area (Å²) in [5, 5.41) is 11.7. The number of carbonyl (C=O) groups is 1. The van der Waals surface area contributed by atoms with Gasteiger partial charge in [0, 0.05) is 37.3 Å². The van der Waals surface area contributed by atoms with Gasteiger partial charge in [0.15, 0.2) is 5.82 Å². The maximum absolute atomic E-state index is 12.7. The minimum Gasteiger partial charge on any atom is -0.324 e. The summed E-state index contributed by atoms with van der Waals surface area (Å²) in [4.78, 5) is 14.7. The molecule has 4 rings (SSSR count). The van der Waals surface area contributed by atoms with Crippen LogP contribution in [0.3, 0.4) is 0 Å². The summed E-state index contributed by atoms with van der Waals surface area (Å²) in [5.74, 6) is 1.95. The van der Waals surface area contributed by atoms with E-state index in [0.717, 1.165) is 68.2 Å². The van der Waals surface area contributed by atoms with Gasteiger partial charge in [-0.1, -0.05) is 26.0 Å². The van der Waals surface area contributed by atoms with Gasteiger partial charge in [0.05, 0.1) is 0 Å². The Balaban J connectivity index is 1.49. The first-order valence-electron chi connectivity index (χ1n) is 9.66. The van der Waals surface area contributed by atoms with Crippen molar-refractivity contribution in [2.75, 3.05) is 18.4 Å². The average Bonchev–Trinajstić information content (AvgIpc) is 3.25. The smallest absolute Gasteiger partial charge is 0.321 e. The Morgan fingerprint density at radius 3 is 3.00 bits per heavy atom. The molecule has 2 aliphatic rings. The van der Waals surface area contributed by atoms with E-state index in [-0.39, 0.29) is 11.4 Å². The van der Waals surface area contributed by atoms with Gasteiger partial charge in [-0.25, -0.2) is 4.79 Å². The van der Waals surface area contributed by atoms with E-state index >= 15 is 0 Å². The first-order valence-corrected chi connectivity index (χ1v) is 9.66. The molecule has 1 N–H and O–H groups in total. The molecule has 26 heavy (non-hydrogen) atoms. The lowest BCUT2D eigenvalue weighted by molar-refractivity contribution is 0.122. The summed E-state index contributed by atoms with van der Waals surface area (Å²) in [5.41, 5.74) is 2.05. The van der Waals surface area contributed by atoms with Gasteiger partial charge in [-0.3, -0.25) is 0 Å². The Morgan fingerprint density at radius 1 is 1.27 bits per heavy atom. The number of urea groups is 1. The standard InChI is InChI=1S/C20H27N5O/c1-3-20(2)10-6-11-24(14-20)19(26)21-16-8-4-7-15(13-16)18-23-22-17-9-5-12-25(17)18/h4,7-8,13H,3,5-6,9-12,14H2,1-2H3,(H,21,26). The lowest BCUT2D eigenvalue weighted by Gasteiger charge is -2.39. The van der Waals surface area contributed by atoms with Crippen LogP contribution in [0.25, 0.3) is 11.4 Å². The van der Waals surface area contributed by atoms with Crippen LogP contribution in [0.2, 0.25) is 0 Å². The van der Waals surface area contributed by atoms with Crippen molar-refractivity contribution in [2.45, 2.75) is 52.5 Å². The Hall–Kier alpha value is -2.37. The van der Waals surface area contributed by atoms with Crippen LogP contribution in [-0.4, -0.2) is 38.8 Å². The molecule has 1 atom stereocenters. The summed E-state index contributed by atoms with van der Waals surface area (Å²) < 4.78 is 2.18. The number of likely N-dealkylation sites (tertiary alicyclic amines) is 1. The quantitative estimate of drug-likeness (QED) is 0.909. The molecule has 0 saturated carbocycles. The monoisotopic (exact) mass is 353 g/mol. The zero-order valence-electron chi connectivity index (χ0n) is 15.7. The fourth-order valence-corrected chi connectivity index (χ4v) is 4.08. The van der Waals surface area contributed by atoms with E-state index in [1.165, 1.54) is 6.42 Å². The number of hydrogen-bond acceptors (Lipinski definition) is 3. The summed E-state index contributed by atoms with van der Waals surface area (Å²) in [6, 6.07) is 7.92. The largest absolute Gasteiger partial charge is 0.324 e. The zero-order chi connectivity index (χ0) is 18.1. The van der Waals surface area contributed by atoms with E-state index < -0.39 is 0 Å². The molecule has 3 heterocycles. The first-order chi connectivity index (χ1) is 12.6. The average molecular weight is 353 g/mol. The van der Waals surface area contributed by atoms with Gasteiger partial charge < -0.3 is 14.8 Å². The highest BCUT2D eigenvalue weighted by Crippen LogP contribution is 2.33. The Labute approximate surface area is 154 Å². The second-order valence-electron chi connectivity index (χ2n) is 7.90. The fraction of sp³-hybridized carbons (Fsp3) is 0.550. The van der Waals surface area contributed by atoms with Gasteiger partial charge in [0.1, 0.15) is 5.82 Å². The number of benzene rings is 1. The number of piperidine rings is 1. The zero-order valence-corrected chi connectivity index (χ0v) is 15.7. The highest BCUT2D eigenvalue weighted by atomic mass is 16.2. The van der Waals surface area contributed by atoms with Crippen molar-refractivity contribution in [1.29, 1.82) is 0 Å². The number of nitrogens with zero attached hydrogens (tertiary/aromatic N) is 4. The number of rotatable bonds is 3. The predicted molar refractivity (Wildman–Crippen MR) is 102 cm³/mol. The van der Waals surface area contributed by atoms with Crippen molar-refractivity contribution in [3.05, 3.63) is 30.1 Å². The molecule has 0 aliphatic carbocycles. The maximum atomic E-state index is 12.7. The predicted octanol–water partition coefficient (Wildman–Crippen LogP) is 3.94. The van der Waals surface area contributed by atoms with E-state index in [1.807, 2.05) is 29.2 Å². The van der Waals surface area contributed by atoms with Crippen molar-refractivity contribution in [1.82, 2.24) is 19.7 Å². The first kappa shape index (κ1) is 17.1. The third kappa shape index (κ3) is 3.20. The molecular formula is C20H27N5O. The lowest BCUT2D eigenvalue weighted by Crippen LogP contribution is -2.46. The minimum absolute atomic E-state index is 0.00648. The van der Waals surface area contributed by atoms with Crippen LogP contribution < -0.4 is 5.32 Å². The molecule has 6 nitrogen and oxygen atoms in total. The molecule has 0 radical (unpaired) electrons. The minimum atomic E-state index is -0.00648. The highest BCUT2D eigenvalue weighted by Gasteiger charge is 2.31. The Morgan fingerprint density at radius 2 is 2.15 bits per heavy atom. The van der Waals surface area contributed by atoms with Gasteiger partial charge in [-0.05, 0) is 43.2 Å². The van der Waals surface area contributed by atoms with Crippen molar-refractivity contribution in [3.8, 4) is 11.4 Å². The summed E-state index contributed by atoms with van der Waals surface area (Å²) >= 11 is 0. The molecule has 1 fully saturated rings. The van der Waals surface area contributed by atoms with Gasteiger partial charge in [0.25, 0.3) is 0 Å². The number of nitrogens with one attached hydrogen (secondary N) is 1. The normalized spacial score (nSPS) is 22.3. The summed E-state index contributed by atoms with van der Waals surface area (Å²) in [6.45, 7) is 7.12. The van der Waals surface area contributed by atoms with E-state index in [1.54, 1.807) is 0 Å². The van der Waals surface area contributed by atoms with E-state index in [2.05, 4.69) is 33.9 Å². The lowest BCUT2D eigenvalue weighted by atomic mass is 9.80. The van der Waals surface area contributed by atoms with Crippen molar-refractivity contribution in [3.63, 3.8) is 0 Å². The van der Waals surface area contributed by atoms with Crippen LogP contribution in [-0.2, 0) is 13.0 Å². The van der Waals surface area contributed by atoms with Crippen LogP contribution in [0.5, 0.6) is 0 Å². The molecule has 2 aliphatic heterocycles. The summed E-state index contributed by atoms with van der Waals surface area (Å²) in [7, 11) is 0. The number of aromatic nitrogens is 3. The molecule has 0 bridgehead atoms. The number of hydrogen-bond donors (Lipinski definition) is 1. The van der Waals surface area contributed by atoms with Crippen molar-refractivity contribution >= 4 is 11.7 Å². The molecule has 2 amide bonds. The van der Waals surface area contributed by atoms with Crippen molar-refractivity contribution in [2.24, 2.45) is 5.41 Å². The molecule has 1 aromatic heterocycles. The van der Waals surface area contributed by atoms with E-state index in [0.29, 0.717) is 0 Å². The van der Waals surface area contributed by atoms with Crippen LogP contribution in [0.1, 0.15) is 45.4 Å². The third-order valence-electron chi connectivity index (χ3n) is 5.90. The molecule has 2 aromatic rings. The molecule has 138 valence electrons. The van der Waals surface area contributed by atoms with Crippen LogP contribution in [0, 0.1) is 5.41 Å². The van der Waals surface area contributed by atoms with Crippen LogP contribution in [0.15, 0.2) is 24.3 Å². The van der Waals surface area contributed by atoms with E-state index in [9.17, 15) is 4.79 Å². The molecule has 6 heteroatoms. The number of fused-ring (bicyclic) bond motifs is 1. The Bertz CT molecular complexity index is 814. The van der Waals surface area contributed by atoms with Crippen LogP contribution in [0.4, 0.5) is 10.5 Å². The van der Waals surface area contributed by atoms with Crippen molar-refractivity contribution < 1.29 is 4.79 Å². The second-order valence-corrected chi connectivity index (χ2v) is 7.90. The fourth-order valence-electron chi connectivity index (χ4n) is 4.08. The topological polar surface area (TPSA) is 63.1 Å². The maximum Gasteiger partial charge on any atom is 0.321 e. The molecule has 1 unspecified atom stereocenters. The summed E-state index contributed by atoms with van der Waals surface area (Å²) in [6.07, 6.45) is 5.49. The molecule has 1 saturated heterocycles. The highest BCUT2D eigenvalue weighted by molar-refractivity contribution is 5.90. The SMILES string of the molecule is CCC1(C)CCCN(C(=O)Nc2cccc(-c3nnc4n3CCC4)c2)C1. The third-order valence-corrected chi connectivity index (χ3v) is 5.90. The van der Waals surface area contributed by atoms with Gasteiger partial charge in [-0.2, -0.15) is 0 Å². The number of carbonyl (C=O) groups excluding carboxylic acids is 1. The Kier molecular flexibility index (Phi) is 4.42. The molecule has 0 spiro atoms. The van der Waals surface area contributed by atoms with Gasteiger partial charge >= 0.3 is 6.03 Å². The van der Waals surface area contributed by atoms with Gasteiger partial charge in [-0.15, -0.1) is 10.2 Å².